The van der Waals surface area contributed by atoms with Crippen LogP contribution in [0.4, 0.5) is 0 Å². The molecule has 0 heterocycles. The Morgan fingerprint density at radius 3 is 1.47 bits per heavy atom. The first-order valence-corrected chi connectivity index (χ1v) is 10.1. The van der Waals surface area contributed by atoms with Gasteiger partial charge in [0, 0.05) is 12.1 Å². The van der Waals surface area contributed by atoms with Gasteiger partial charge in [0.05, 0.1) is 0 Å². The summed E-state index contributed by atoms with van der Waals surface area (Å²) in [6, 6.07) is 32.0. The standard InChI is InChI=1S/C18H15B.C8H15NO2/c1-4-10-16(11-5-1)19(17-12-6-2-7-13-17)18-14-8-3-9-15-18;1-7(2)8(10)11-6-5-9(3)4/h1-15H;1,5-6H2,2-4H3. The minimum Gasteiger partial charge on any atom is -0.461 e. The van der Waals surface area contributed by atoms with E-state index in [2.05, 4.69) is 97.6 Å². The number of carbonyl (C=O) groups excluding carboxylic acids is 1. The summed E-state index contributed by atoms with van der Waals surface area (Å²) in [5.41, 5.74) is 4.45. The normalized spacial score (nSPS) is 10.0. The van der Waals surface area contributed by atoms with Crippen LogP contribution in [0.1, 0.15) is 6.92 Å². The predicted molar refractivity (Wildman–Crippen MR) is 128 cm³/mol. The van der Waals surface area contributed by atoms with Crippen LogP contribution in [-0.2, 0) is 9.53 Å². The molecule has 0 aliphatic rings. The van der Waals surface area contributed by atoms with Gasteiger partial charge in [0.2, 0.25) is 6.71 Å². The number of nitrogens with zero attached hydrogens (tertiary/aromatic N) is 1. The van der Waals surface area contributed by atoms with Gasteiger partial charge in [0.15, 0.2) is 0 Å². The molecule has 154 valence electrons. The van der Waals surface area contributed by atoms with E-state index in [0.717, 1.165) is 6.54 Å². The molecule has 0 amide bonds. The molecule has 0 aromatic heterocycles. The lowest BCUT2D eigenvalue weighted by Crippen LogP contribution is -2.51. The van der Waals surface area contributed by atoms with E-state index < -0.39 is 0 Å². The lowest BCUT2D eigenvalue weighted by atomic mass is 9.37. The molecule has 3 rings (SSSR count). The Morgan fingerprint density at radius 1 is 0.800 bits per heavy atom. The molecule has 30 heavy (non-hydrogen) atoms. The number of carbonyl (C=O) groups is 1. The Hall–Kier alpha value is -3.11. The third-order valence-electron chi connectivity index (χ3n) is 4.52. The van der Waals surface area contributed by atoms with Gasteiger partial charge in [0.1, 0.15) is 6.61 Å². The lowest BCUT2D eigenvalue weighted by molar-refractivity contribution is -0.139. The fourth-order valence-electron chi connectivity index (χ4n) is 2.96. The van der Waals surface area contributed by atoms with Crippen molar-refractivity contribution in [3.8, 4) is 0 Å². The molecule has 0 saturated heterocycles. The number of hydrogen-bond donors (Lipinski definition) is 0. The topological polar surface area (TPSA) is 29.5 Å². The molecule has 3 nitrogen and oxygen atoms in total. The van der Waals surface area contributed by atoms with E-state index in [1.165, 1.54) is 16.4 Å². The molecule has 0 unspecified atom stereocenters. The highest BCUT2D eigenvalue weighted by atomic mass is 16.5. The minimum absolute atomic E-state index is 0.309. The highest BCUT2D eigenvalue weighted by molar-refractivity contribution is 6.95. The Kier molecular flexibility index (Phi) is 9.62. The van der Waals surface area contributed by atoms with E-state index in [0.29, 0.717) is 18.9 Å². The molecule has 0 aliphatic heterocycles. The third-order valence-corrected chi connectivity index (χ3v) is 4.52. The average molecular weight is 399 g/mol. The van der Waals surface area contributed by atoms with Crippen LogP contribution >= 0.6 is 0 Å². The van der Waals surface area contributed by atoms with Gasteiger partial charge in [-0.2, -0.15) is 0 Å². The Bertz CT molecular complexity index is 802. The number of esters is 1. The number of benzene rings is 3. The maximum absolute atomic E-state index is 10.8. The van der Waals surface area contributed by atoms with Gasteiger partial charge in [-0.15, -0.1) is 0 Å². The van der Waals surface area contributed by atoms with Crippen LogP contribution in [0.15, 0.2) is 103 Å². The summed E-state index contributed by atoms with van der Waals surface area (Å²) >= 11 is 0. The Morgan fingerprint density at radius 2 is 1.17 bits per heavy atom. The van der Waals surface area contributed by atoms with Crippen molar-refractivity contribution in [2.45, 2.75) is 6.92 Å². The number of likely N-dealkylation sites (N-methyl/N-ethyl adjacent to an activating group) is 1. The van der Waals surface area contributed by atoms with Crippen molar-refractivity contribution in [2.24, 2.45) is 0 Å². The molecule has 0 atom stereocenters. The molecule has 0 spiro atoms. The highest BCUT2D eigenvalue weighted by Crippen LogP contribution is 1.95. The molecule has 0 saturated carbocycles. The first-order valence-electron chi connectivity index (χ1n) is 10.1. The van der Waals surface area contributed by atoms with Gasteiger partial charge in [-0.3, -0.25) is 0 Å². The predicted octanol–water partition coefficient (Wildman–Crippen LogP) is 2.87. The molecule has 4 heteroatoms. The van der Waals surface area contributed by atoms with Crippen molar-refractivity contribution in [1.29, 1.82) is 0 Å². The second-order valence-electron chi connectivity index (χ2n) is 7.38. The lowest BCUT2D eigenvalue weighted by Gasteiger charge is -2.15. The first kappa shape index (κ1) is 23.2. The zero-order chi connectivity index (χ0) is 21.8. The van der Waals surface area contributed by atoms with Crippen LogP contribution < -0.4 is 16.4 Å². The van der Waals surface area contributed by atoms with Gasteiger partial charge >= 0.3 is 5.97 Å². The monoisotopic (exact) mass is 399 g/mol. The van der Waals surface area contributed by atoms with E-state index in [4.69, 9.17) is 4.74 Å². The van der Waals surface area contributed by atoms with Crippen molar-refractivity contribution in [3.63, 3.8) is 0 Å². The Balaban J connectivity index is 0.000000252. The third kappa shape index (κ3) is 7.73. The van der Waals surface area contributed by atoms with Crippen LogP contribution in [0.2, 0.25) is 0 Å². The van der Waals surface area contributed by atoms with Gasteiger partial charge < -0.3 is 9.64 Å². The Labute approximate surface area is 181 Å². The maximum atomic E-state index is 10.8. The second kappa shape index (κ2) is 12.5. The van der Waals surface area contributed by atoms with E-state index in [-0.39, 0.29) is 5.97 Å². The molecular formula is C26H30BNO2. The zero-order valence-electron chi connectivity index (χ0n) is 18.1. The summed E-state index contributed by atoms with van der Waals surface area (Å²) in [5, 5.41) is 0. The SMILES string of the molecule is C=C(C)C(=O)OCCN(C)C.c1ccc(B(c2ccccc2)c2ccccc2)cc1. The average Bonchev–Trinajstić information content (AvgIpc) is 2.76. The highest BCUT2D eigenvalue weighted by Gasteiger charge is 2.20. The van der Waals surface area contributed by atoms with Crippen LogP contribution in [-0.4, -0.2) is 44.8 Å². The van der Waals surface area contributed by atoms with Crippen molar-refractivity contribution in [1.82, 2.24) is 4.90 Å². The summed E-state index contributed by atoms with van der Waals surface area (Å²) in [5.74, 6) is -0.313. The molecule has 3 aromatic carbocycles. The van der Waals surface area contributed by atoms with Crippen molar-refractivity contribution in [2.75, 3.05) is 27.2 Å². The first-order chi connectivity index (χ1) is 14.5. The quantitative estimate of drug-likeness (QED) is 0.348. The van der Waals surface area contributed by atoms with Crippen LogP contribution in [0.5, 0.6) is 0 Å². The van der Waals surface area contributed by atoms with Crippen molar-refractivity contribution >= 4 is 29.1 Å². The van der Waals surface area contributed by atoms with Crippen molar-refractivity contribution in [3.05, 3.63) is 103 Å². The van der Waals surface area contributed by atoms with Crippen LogP contribution in [0, 0.1) is 0 Å². The number of rotatable bonds is 7. The van der Waals surface area contributed by atoms with Gasteiger partial charge in [0.25, 0.3) is 0 Å². The van der Waals surface area contributed by atoms with E-state index in [1.807, 2.05) is 19.0 Å². The van der Waals surface area contributed by atoms with Gasteiger partial charge in [-0.1, -0.05) is 114 Å². The molecule has 0 fully saturated rings. The molecular weight excluding hydrogens is 369 g/mol. The summed E-state index contributed by atoms with van der Waals surface area (Å²) in [6.45, 7) is 6.59. The minimum atomic E-state index is -0.313. The maximum Gasteiger partial charge on any atom is 0.333 e. The zero-order valence-corrected chi connectivity index (χ0v) is 18.1. The van der Waals surface area contributed by atoms with Crippen molar-refractivity contribution < 1.29 is 9.53 Å². The van der Waals surface area contributed by atoms with Crippen LogP contribution in [0.25, 0.3) is 0 Å². The number of ether oxygens (including phenoxy) is 1. The molecule has 0 bridgehead atoms. The fraction of sp³-hybridized carbons (Fsp3) is 0.192. The molecule has 3 aromatic rings. The van der Waals surface area contributed by atoms with E-state index in [9.17, 15) is 4.79 Å². The number of hydrogen-bond acceptors (Lipinski definition) is 3. The summed E-state index contributed by atoms with van der Waals surface area (Å²) in [6.07, 6.45) is 0. The molecule has 0 N–H and O–H groups in total. The summed E-state index contributed by atoms with van der Waals surface area (Å²) in [4.78, 5) is 12.7. The smallest absolute Gasteiger partial charge is 0.333 e. The van der Waals surface area contributed by atoms with Gasteiger partial charge in [-0.25, -0.2) is 4.79 Å². The molecule has 0 radical (unpaired) electrons. The summed E-state index contributed by atoms with van der Waals surface area (Å²) < 4.78 is 4.83. The van der Waals surface area contributed by atoms with Gasteiger partial charge in [-0.05, 0) is 21.0 Å². The largest absolute Gasteiger partial charge is 0.461 e. The van der Waals surface area contributed by atoms with E-state index >= 15 is 0 Å². The second-order valence-corrected chi connectivity index (χ2v) is 7.38. The summed E-state index contributed by atoms with van der Waals surface area (Å²) in [7, 11) is 3.85. The molecule has 0 aliphatic carbocycles. The fourth-order valence-corrected chi connectivity index (χ4v) is 2.96. The van der Waals surface area contributed by atoms with Crippen LogP contribution in [0.3, 0.4) is 0 Å². The van der Waals surface area contributed by atoms with E-state index in [1.54, 1.807) is 6.92 Å².